The van der Waals surface area contributed by atoms with Gasteiger partial charge in [0, 0.05) is 29.3 Å². The Balaban J connectivity index is 2.19. The molecule has 0 saturated heterocycles. The zero-order chi connectivity index (χ0) is 18.4. The number of hydrogen-bond donors (Lipinski definition) is 1. The molecule has 1 aromatic rings. The number of ketones is 1. The van der Waals surface area contributed by atoms with Crippen molar-refractivity contribution < 1.29 is 14.3 Å². The fourth-order valence-electron chi connectivity index (χ4n) is 3.91. The summed E-state index contributed by atoms with van der Waals surface area (Å²) in [6.45, 7) is 8.11. The molecule has 0 fully saturated rings. The molecule has 0 unspecified atom stereocenters. The number of ether oxygens (including phenoxy) is 1. The zero-order valence-corrected chi connectivity index (χ0v) is 15.5. The minimum Gasteiger partial charge on any atom is -0.466 e. The summed E-state index contributed by atoms with van der Waals surface area (Å²) in [5.74, 6) is -0.647. The van der Waals surface area contributed by atoms with Crippen LogP contribution in [-0.2, 0) is 14.3 Å². The molecule has 0 aromatic heterocycles. The number of carbonyl (C=O) groups is 2. The maximum absolute atomic E-state index is 13.0. The van der Waals surface area contributed by atoms with Gasteiger partial charge in [0.25, 0.3) is 0 Å². The van der Waals surface area contributed by atoms with Crippen LogP contribution in [0.2, 0.25) is 0 Å². The van der Waals surface area contributed by atoms with Crippen molar-refractivity contribution in [3.63, 3.8) is 0 Å². The molecule has 1 atom stereocenters. The fourth-order valence-corrected chi connectivity index (χ4v) is 3.91. The van der Waals surface area contributed by atoms with E-state index < -0.39 is 0 Å². The van der Waals surface area contributed by atoms with Gasteiger partial charge in [-0.25, -0.2) is 4.79 Å². The van der Waals surface area contributed by atoms with Crippen molar-refractivity contribution in [1.82, 2.24) is 5.32 Å². The van der Waals surface area contributed by atoms with Gasteiger partial charge in [0.2, 0.25) is 0 Å². The maximum atomic E-state index is 13.0. The molecule has 0 radical (unpaired) electrons. The van der Waals surface area contributed by atoms with Crippen LogP contribution < -0.4 is 5.32 Å². The Bertz CT molecular complexity index is 797. The largest absolute Gasteiger partial charge is 0.466 e. The lowest BCUT2D eigenvalue weighted by Gasteiger charge is -2.39. The van der Waals surface area contributed by atoms with Crippen molar-refractivity contribution in [3.05, 3.63) is 57.9 Å². The quantitative estimate of drug-likeness (QED) is 0.833. The molecule has 0 amide bonds. The number of carbonyl (C=O) groups excluding carboxylic acids is 2. The lowest BCUT2D eigenvalue weighted by atomic mass is 9.68. The SMILES string of the molecule is COC(=O)C1=C(C)NC2=C(C(=O)CC(C)(C)C2)[C@H]1c1ccc(C)cc1. The van der Waals surface area contributed by atoms with Gasteiger partial charge in [-0.05, 0) is 31.2 Å². The molecule has 4 heteroatoms. The van der Waals surface area contributed by atoms with Crippen LogP contribution in [0.25, 0.3) is 0 Å². The molecule has 0 saturated carbocycles. The molecule has 0 bridgehead atoms. The second-order valence-corrected chi connectivity index (χ2v) is 7.83. The van der Waals surface area contributed by atoms with Gasteiger partial charge < -0.3 is 10.1 Å². The minimum absolute atomic E-state index is 0.0796. The second-order valence-electron chi connectivity index (χ2n) is 7.83. The van der Waals surface area contributed by atoms with Crippen molar-refractivity contribution in [3.8, 4) is 0 Å². The van der Waals surface area contributed by atoms with Crippen LogP contribution in [0.4, 0.5) is 0 Å². The molecule has 4 nitrogen and oxygen atoms in total. The van der Waals surface area contributed by atoms with E-state index in [0.717, 1.165) is 28.9 Å². The third kappa shape index (κ3) is 3.13. The second kappa shape index (κ2) is 6.17. The van der Waals surface area contributed by atoms with Gasteiger partial charge in [0.1, 0.15) is 0 Å². The summed E-state index contributed by atoms with van der Waals surface area (Å²) in [6.07, 6.45) is 1.28. The van der Waals surface area contributed by atoms with Gasteiger partial charge in [-0.15, -0.1) is 0 Å². The first-order chi connectivity index (χ1) is 11.7. The van der Waals surface area contributed by atoms with E-state index in [1.54, 1.807) is 0 Å². The van der Waals surface area contributed by atoms with Gasteiger partial charge in [-0.1, -0.05) is 43.7 Å². The lowest BCUT2D eigenvalue weighted by Crippen LogP contribution is -2.38. The number of esters is 1. The molecule has 25 heavy (non-hydrogen) atoms. The lowest BCUT2D eigenvalue weighted by molar-refractivity contribution is -0.136. The van der Waals surface area contributed by atoms with Gasteiger partial charge in [0.05, 0.1) is 12.7 Å². The first-order valence-corrected chi connectivity index (χ1v) is 8.62. The Kier molecular flexibility index (Phi) is 4.31. The van der Waals surface area contributed by atoms with Crippen LogP contribution in [0.5, 0.6) is 0 Å². The molecular formula is C21H25NO3. The summed E-state index contributed by atoms with van der Waals surface area (Å²) in [5.41, 5.74) is 4.96. The van der Waals surface area contributed by atoms with Crippen molar-refractivity contribution in [2.45, 2.75) is 46.5 Å². The highest BCUT2D eigenvalue weighted by molar-refractivity contribution is 6.04. The van der Waals surface area contributed by atoms with Gasteiger partial charge in [0.15, 0.2) is 5.78 Å². The summed E-state index contributed by atoms with van der Waals surface area (Å²) in [7, 11) is 1.38. The summed E-state index contributed by atoms with van der Waals surface area (Å²) in [5, 5.41) is 3.32. The van der Waals surface area contributed by atoms with Gasteiger partial charge in [-0.2, -0.15) is 0 Å². The number of methoxy groups -OCH3 is 1. The summed E-state index contributed by atoms with van der Waals surface area (Å²) < 4.78 is 5.02. The van der Waals surface area contributed by atoms with Gasteiger partial charge >= 0.3 is 5.97 Å². The number of allylic oxidation sites excluding steroid dienone is 3. The molecule has 1 aliphatic heterocycles. The number of nitrogens with one attached hydrogen (secondary N) is 1. The number of benzene rings is 1. The standard InChI is InChI=1S/C21H25NO3/c1-12-6-8-14(9-7-12)18-17(20(24)25-5)13(2)22-15-10-21(3,4)11-16(23)19(15)18/h6-9,18,22H,10-11H2,1-5H3/t18-/m0/s1. The van der Waals surface area contributed by atoms with E-state index in [1.165, 1.54) is 7.11 Å². The number of dihydropyridines is 1. The topological polar surface area (TPSA) is 55.4 Å². The molecule has 3 rings (SSSR count). The Morgan fingerprint density at radius 2 is 1.80 bits per heavy atom. The molecule has 1 heterocycles. The first-order valence-electron chi connectivity index (χ1n) is 8.62. The number of Topliss-reactive ketones (excluding diaryl/α,β-unsaturated/α-hetero) is 1. The van der Waals surface area contributed by atoms with E-state index in [4.69, 9.17) is 4.74 Å². The van der Waals surface area contributed by atoms with Crippen LogP contribution in [0.15, 0.2) is 46.8 Å². The zero-order valence-electron chi connectivity index (χ0n) is 15.5. The maximum Gasteiger partial charge on any atom is 0.336 e. The molecule has 132 valence electrons. The van der Waals surface area contributed by atoms with Crippen molar-refractivity contribution in [1.29, 1.82) is 0 Å². The molecule has 0 spiro atoms. The molecule has 2 aliphatic rings. The van der Waals surface area contributed by atoms with Crippen LogP contribution in [0, 0.1) is 12.3 Å². The highest BCUT2D eigenvalue weighted by Crippen LogP contribution is 2.46. The van der Waals surface area contributed by atoms with E-state index in [9.17, 15) is 9.59 Å². The van der Waals surface area contributed by atoms with Crippen LogP contribution in [0.3, 0.4) is 0 Å². The van der Waals surface area contributed by atoms with Crippen LogP contribution >= 0.6 is 0 Å². The summed E-state index contributed by atoms with van der Waals surface area (Å²) in [4.78, 5) is 25.5. The van der Waals surface area contributed by atoms with Crippen LogP contribution in [0.1, 0.15) is 50.7 Å². The molecule has 1 aromatic carbocycles. The van der Waals surface area contributed by atoms with Gasteiger partial charge in [-0.3, -0.25) is 4.79 Å². The molecule has 1 aliphatic carbocycles. The Labute approximate surface area is 149 Å². The third-order valence-electron chi connectivity index (χ3n) is 5.06. The highest BCUT2D eigenvalue weighted by atomic mass is 16.5. The average Bonchev–Trinajstić information content (AvgIpc) is 2.52. The van der Waals surface area contributed by atoms with Crippen molar-refractivity contribution in [2.24, 2.45) is 5.41 Å². The van der Waals surface area contributed by atoms with E-state index in [-0.39, 0.29) is 23.1 Å². The van der Waals surface area contributed by atoms with Crippen molar-refractivity contribution >= 4 is 11.8 Å². The van der Waals surface area contributed by atoms with E-state index >= 15 is 0 Å². The van der Waals surface area contributed by atoms with E-state index in [1.807, 2.05) is 38.1 Å². The Hall–Kier alpha value is -2.36. The van der Waals surface area contributed by atoms with Crippen LogP contribution in [-0.4, -0.2) is 18.9 Å². The molecule has 1 N–H and O–H groups in total. The Morgan fingerprint density at radius 1 is 1.16 bits per heavy atom. The van der Waals surface area contributed by atoms with E-state index in [2.05, 4.69) is 19.2 Å². The fraction of sp³-hybridized carbons (Fsp3) is 0.429. The predicted molar refractivity (Wildman–Crippen MR) is 96.8 cm³/mol. The molecular weight excluding hydrogens is 314 g/mol. The van der Waals surface area contributed by atoms with Crippen molar-refractivity contribution in [2.75, 3.05) is 7.11 Å². The third-order valence-corrected chi connectivity index (χ3v) is 5.06. The Morgan fingerprint density at radius 3 is 2.40 bits per heavy atom. The number of rotatable bonds is 2. The monoisotopic (exact) mass is 339 g/mol. The average molecular weight is 339 g/mol. The van der Waals surface area contributed by atoms with E-state index in [0.29, 0.717) is 17.6 Å². The first kappa shape index (κ1) is 17.5. The normalized spacial score (nSPS) is 22.4. The smallest absolute Gasteiger partial charge is 0.336 e. The number of hydrogen-bond acceptors (Lipinski definition) is 4. The minimum atomic E-state index is -0.389. The highest BCUT2D eigenvalue weighted by Gasteiger charge is 2.42. The summed E-state index contributed by atoms with van der Waals surface area (Å²) >= 11 is 0. The predicted octanol–water partition coefficient (Wildman–Crippen LogP) is 3.77. The summed E-state index contributed by atoms with van der Waals surface area (Å²) in [6, 6.07) is 8.02. The number of aryl methyl sites for hydroxylation is 1.